The standard InChI is InChI=1S/C17H21N3/c1-3-14-5-4-6-16(11-14)20-17(18)19-12-15-9-7-13(2)8-10-15/h4-11H,3,12H2,1-2H3,(H3,18,19,20). The highest BCUT2D eigenvalue weighted by molar-refractivity contribution is 5.92. The molecule has 0 atom stereocenters. The number of anilines is 1. The summed E-state index contributed by atoms with van der Waals surface area (Å²) in [4.78, 5) is 4.36. The Hall–Kier alpha value is -2.29. The Labute approximate surface area is 120 Å². The van der Waals surface area contributed by atoms with Crippen LogP contribution >= 0.6 is 0 Å². The highest BCUT2D eigenvalue weighted by atomic mass is 15.1. The number of aliphatic imine (C=N–C) groups is 1. The molecule has 0 radical (unpaired) electrons. The lowest BCUT2D eigenvalue weighted by atomic mass is 10.1. The molecule has 0 aliphatic rings. The van der Waals surface area contributed by atoms with Gasteiger partial charge in [-0.3, -0.25) is 0 Å². The molecule has 0 aromatic heterocycles. The summed E-state index contributed by atoms with van der Waals surface area (Å²) < 4.78 is 0. The third-order valence-electron chi connectivity index (χ3n) is 3.16. The van der Waals surface area contributed by atoms with E-state index in [1.54, 1.807) is 0 Å². The third-order valence-corrected chi connectivity index (χ3v) is 3.16. The highest BCUT2D eigenvalue weighted by Gasteiger charge is 1.97. The van der Waals surface area contributed by atoms with E-state index in [0.717, 1.165) is 17.7 Å². The molecule has 0 heterocycles. The van der Waals surface area contributed by atoms with Gasteiger partial charge in [-0.25, -0.2) is 4.99 Å². The van der Waals surface area contributed by atoms with Gasteiger partial charge in [-0.05, 0) is 36.6 Å². The average molecular weight is 267 g/mol. The van der Waals surface area contributed by atoms with Crippen molar-refractivity contribution in [2.24, 2.45) is 10.7 Å². The molecule has 3 N–H and O–H groups in total. The van der Waals surface area contributed by atoms with Gasteiger partial charge >= 0.3 is 0 Å². The van der Waals surface area contributed by atoms with Gasteiger partial charge < -0.3 is 11.1 Å². The lowest BCUT2D eigenvalue weighted by Gasteiger charge is -2.07. The number of nitrogens with zero attached hydrogens (tertiary/aromatic N) is 1. The molecule has 0 fully saturated rings. The van der Waals surface area contributed by atoms with Crippen LogP contribution in [0.25, 0.3) is 0 Å². The molecule has 0 unspecified atom stereocenters. The van der Waals surface area contributed by atoms with Gasteiger partial charge in [0.1, 0.15) is 0 Å². The van der Waals surface area contributed by atoms with E-state index in [4.69, 9.17) is 5.73 Å². The van der Waals surface area contributed by atoms with Crippen molar-refractivity contribution in [3.8, 4) is 0 Å². The van der Waals surface area contributed by atoms with Crippen molar-refractivity contribution in [2.45, 2.75) is 26.8 Å². The number of hydrogen-bond donors (Lipinski definition) is 2. The van der Waals surface area contributed by atoms with E-state index in [9.17, 15) is 0 Å². The molecule has 0 spiro atoms. The minimum Gasteiger partial charge on any atom is -0.370 e. The van der Waals surface area contributed by atoms with Crippen molar-refractivity contribution in [3.63, 3.8) is 0 Å². The highest BCUT2D eigenvalue weighted by Crippen LogP contribution is 2.11. The molecule has 20 heavy (non-hydrogen) atoms. The number of hydrogen-bond acceptors (Lipinski definition) is 1. The Bertz CT molecular complexity index is 585. The Kier molecular flexibility index (Phi) is 4.77. The molecule has 0 saturated carbocycles. The van der Waals surface area contributed by atoms with Gasteiger partial charge in [0.2, 0.25) is 0 Å². The van der Waals surface area contributed by atoms with Gasteiger partial charge in [0, 0.05) is 5.69 Å². The monoisotopic (exact) mass is 267 g/mol. The van der Waals surface area contributed by atoms with Crippen molar-refractivity contribution in [2.75, 3.05) is 5.32 Å². The minimum atomic E-state index is 0.443. The molecule has 3 nitrogen and oxygen atoms in total. The molecule has 0 bridgehead atoms. The summed E-state index contributed by atoms with van der Waals surface area (Å²) in [6, 6.07) is 16.5. The second kappa shape index (κ2) is 6.75. The number of benzene rings is 2. The van der Waals surface area contributed by atoms with Gasteiger partial charge in [0.25, 0.3) is 0 Å². The zero-order chi connectivity index (χ0) is 14.4. The van der Waals surface area contributed by atoms with E-state index >= 15 is 0 Å². The smallest absolute Gasteiger partial charge is 0.193 e. The van der Waals surface area contributed by atoms with Crippen LogP contribution in [0.3, 0.4) is 0 Å². The number of nitrogens with two attached hydrogens (primary N) is 1. The second-order valence-corrected chi connectivity index (χ2v) is 4.87. The van der Waals surface area contributed by atoms with Crippen LogP contribution in [0.15, 0.2) is 53.5 Å². The normalized spacial score (nSPS) is 11.4. The quantitative estimate of drug-likeness (QED) is 0.658. The van der Waals surface area contributed by atoms with E-state index in [1.807, 2.05) is 12.1 Å². The first-order valence-corrected chi connectivity index (χ1v) is 6.89. The molecule has 0 aliphatic carbocycles. The van der Waals surface area contributed by atoms with E-state index in [1.165, 1.54) is 11.1 Å². The lowest BCUT2D eigenvalue weighted by Crippen LogP contribution is -2.22. The molecular weight excluding hydrogens is 246 g/mol. The van der Waals surface area contributed by atoms with Crippen LogP contribution in [0.4, 0.5) is 5.69 Å². The average Bonchev–Trinajstić information content (AvgIpc) is 2.47. The summed E-state index contributed by atoms with van der Waals surface area (Å²) in [5.41, 5.74) is 10.6. The first-order valence-electron chi connectivity index (χ1n) is 6.89. The van der Waals surface area contributed by atoms with Gasteiger partial charge in [-0.2, -0.15) is 0 Å². The predicted octanol–water partition coefficient (Wildman–Crippen LogP) is 3.48. The van der Waals surface area contributed by atoms with E-state index in [0.29, 0.717) is 12.5 Å². The minimum absolute atomic E-state index is 0.443. The number of aryl methyl sites for hydroxylation is 2. The van der Waals surface area contributed by atoms with Crippen molar-refractivity contribution < 1.29 is 0 Å². The fourth-order valence-electron chi connectivity index (χ4n) is 1.93. The molecule has 104 valence electrons. The molecular formula is C17H21N3. The first kappa shape index (κ1) is 14.1. The van der Waals surface area contributed by atoms with Gasteiger partial charge in [0.05, 0.1) is 6.54 Å². The molecule has 0 saturated heterocycles. The first-order chi connectivity index (χ1) is 9.67. The Balaban J connectivity index is 1.98. The summed E-state index contributed by atoms with van der Waals surface area (Å²) in [5, 5.41) is 3.13. The molecule has 2 aromatic rings. The Morgan fingerprint density at radius 1 is 1.10 bits per heavy atom. The van der Waals surface area contributed by atoms with E-state index in [2.05, 4.69) is 60.6 Å². The van der Waals surface area contributed by atoms with Crippen LogP contribution in [0.1, 0.15) is 23.6 Å². The van der Waals surface area contributed by atoms with E-state index < -0.39 is 0 Å². The SMILES string of the molecule is CCc1cccc(NC(N)=NCc2ccc(C)cc2)c1. The van der Waals surface area contributed by atoms with Crippen molar-refractivity contribution in [1.82, 2.24) is 0 Å². The Morgan fingerprint density at radius 3 is 2.55 bits per heavy atom. The maximum Gasteiger partial charge on any atom is 0.193 e. The third kappa shape index (κ3) is 4.12. The molecule has 3 heteroatoms. The zero-order valence-corrected chi connectivity index (χ0v) is 12.1. The number of guanidine groups is 1. The summed E-state index contributed by atoms with van der Waals surface area (Å²) in [6.07, 6.45) is 1.01. The van der Waals surface area contributed by atoms with Crippen LogP contribution in [-0.2, 0) is 13.0 Å². The predicted molar refractivity (Wildman–Crippen MR) is 85.9 cm³/mol. The fourth-order valence-corrected chi connectivity index (χ4v) is 1.93. The van der Waals surface area contributed by atoms with Crippen LogP contribution < -0.4 is 11.1 Å². The summed E-state index contributed by atoms with van der Waals surface area (Å²) in [6.45, 7) is 4.80. The largest absolute Gasteiger partial charge is 0.370 e. The van der Waals surface area contributed by atoms with Gasteiger partial charge in [-0.1, -0.05) is 48.9 Å². The second-order valence-electron chi connectivity index (χ2n) is 4.87. The zero-order valence-electron chi connectivity index (χ0n) is 12.1. The maximum atomic E-state index is 5.91. The topological polar surface area (TPSA) is 50.4 Å². The lowest BCUT2D eigenvalue weighted by molar-refractivity contribution is 1.06. The Morgan fingerprint density at radius 2 is 1.85 bits per heavy atom. The van der Waals surface area contributed by atoms with Crippen molar-refractivity contribution in [3.05, 3.63) is 65.2 Å². The molecule has 0 aliphatic heterocycles. The fraction of sp³-hybridized carbons (Fsp3) is 0.235. The summed E-state index contributed by atoms with van der Waals surface area (Å²) >= 11 is 0. The van der Waals surface area contributed by atoms with Crippen LogP contribution in [0, 0.1) is 6.92 Å². The van der Waals surface area contributed by atoms with Crippen LogP contribution in [-0.4, -0.2) is 5.96 Å². The maximum absolute atomic E-state index is 5.91. The molecule has 0 amide bonds. The van der Waals surface area contributed by atoms with E-state index in [-0.39, 0.29) is 0 Å². The van der Waals surface area contributed by atoms with Crippen LogP contribution in [0.2, 0.25) is 0 Å². The molecule has 2 aromatic carbocycles. The summed E-state index contributed by atoms with van der Waals surface area (Å²) in [5.74, 6) is 0.443. The van der Waals surface area contributed by atoms with Crippen molar-refractivity contribution in [1.29, 1.82) is 0 Å². The van der Waals surface area contributed by atoms with Crippen LogP contribution in [0.5, 0.6) is 0 Å². The number of rotatable bonds is 4. The number of nitrogens with one attached hydrogen (secondary N) is 1. The van der Waals surface area contributed by atoms with Gasteiger partial charge in [-0.15, -0.1) is 0 Å². The summed E-state index contributed by atoms with van der Waals surface area (Å²) in [7, 11) is 0. The van der Waals surface area contributed by atoms with Gasteiger partial charge in [0.15, 0.2) is 5.96 Å². The van der Waals surface area contributed by atoms with Crippen molar-refractivity contribution >= 4 is 11.6 Å². The molecule has 2 rings (SSSR count).